The first-order valence-electron chi connectivity index (χ1n) is 5.62. The Hall–Kier alpha value is -1.32. The molecule has 1 aliphatic carbocycles. The fourth-order valence-corrected chi connectivity index (χ4v) is 2.01. The quantitative estimate of drug-likeness (QED) is 0.540. The van der Waals surface area contributed by atoms with Crippen molar-refractivity contribution in [1.82, 2.24) is 0 Å². The van der Waals surface area contributed by atoms with Crippen LogP contribution in [-0.2, 0) is 19.1 Å². The first-order chi connectivity index (χ1) is 7.61. The lowest BCUT2D eigenvalue weighted by molar-refractivity contribution is -0.157. The Morgan fingerprint density at radius 3 is 2.38 bits per heavy atom. The smallest absolute Gasteiger partial charge is 0.313 e. The summed E-state index contributed by atoms with van der Waals surface area (Å²) in [7, 11) is 0. The van der Waals surface area contributed by atoms with Gasteiger partial charge in [-0.15, -0.1) is 0 Å². The molecule has 1 rings (SSSR count). The fraction of sp³-hybridized carbons (Fsp3) is 0.667. The van der Waals surface area contributed by atoms with Crippen molar-refractivity contribution in [3.05, 3.63) is 12.2 Å². The molecule has 4 heteroatoms. The highest BCUT2D eigenvalue weighted by atomic mass is 16.5. The van der Waals surface area contributed by atoms with Crippen LogP contribution in [0.1, 0.15) is 26.7 Å². The van der Waals surface area contributed by atoms with Crippen LogP contribution in [0.3, 0.4) is 0 Å². The third kappa shape index (κ3) is 2.62. The summed E-state index contributed by atoms with van der Waals surface area (Å²) < 4.78 is 9.89. The molecule has 0 radical (unpaired) electrons. The minimum absolute atomic E-state index is 0.318. The molecule has 0 bridgehead atoms. The lowest BCUT2D eigenvalue weighted by Crippen LogP contribution is -2.29. The van der Waals surface area contributed by atoms with Gasteiger partial charge in [0.05, 0.1) is 25.0 Å². The van der Waals surface area contributed by atoms with Crippen molar-refractivity contribution in [2.24, 2.45) is 11.8 Å². The van der Waals surface area contributed by atoms with Crippen LogP contribution in [0, 0.1) is 11.8 Å². The normalized spacial score (nSPS) is 24.2. The van der Waals surface area contributed by atoms with Crippen LogP contribution in [0.2, 0.25) is 0 Å². The standard InChI is InChI=1S/C12H18O4/c1-4-15-11(13)9-7-6-8(3)10(9)12(14)16-5-2/h9-10H,3-7H2,1-2H3. The van der Waals surface area contributed by atoms with Crippen LogP contribution in [0.4, 0.5) is 0 Å². The van der Waals surface area contributed by atoms with E-state index in [1.165, 1.54) is 0 Å². The van der Waals surface area contributed by atoms with Crippen LogP contribution in [0.15, 0.2) is 12.2 Å². The van der Waals surface area contributed by atoms with Crippen LogP contribution in [0.25, 0.3) is 0 Å². The Labute approximate surface area is 95.6 Å². The molecule has 0 aromatic rings. The molecule has 0 spiro atoms. The van der Waals surface area contributed by atoms with E-state index in [2.05, 4.69) is 6.58 Å². The highest BCUT2D eigenvalue weighted by Gasteiger charge is 2.42. The first kappa shape index (κ1) is 12.7. The van der Waals surface area contributed by atoms with Gasteiger partial charge in [-0.1, -0.05) is 12.2 Å². The van der Waals surface area contributed by atoms with Crippen molar-refractivity contribution in [3.8, 4) is 0 Å². The van der Waals surface area contributed by atoms with Gasteiger partial charge in [0.1, 0.15) is 0 Å². The number of hydrogen-bond donors (Lipinski definition) is 0. The average Bonchev–Trinajstić information content (AvgIpc) is 2.61. The number of esters is 2. The zero-order valence-electron chi connectivity index (χ0n) is 9.82. The van der Waals surface area contributed by atoms with Crippen molar-refractivity contribution >= 4 is 11.9 Å². The van der Waals surface area contributed by atoms with E-state index >= 15 is 0 Å². The number of rotatable bonds is 4. The average molecular weight is 226 g/mol. The van der Waals surface area contributed by atoms with Crippen LogP contribution in [-0.4, -0.2) is 25.2 Å². The second kappa shape index (κ2) is 5.68. The summed E-state index contributed by atoms with van der Waals surface area (Å²) in [5.74, 6) is -1.60. The molecule has 90 valence electrons. The Balaban J connectivity index is 2.73. The van der Waals surface area contributed by atoms with E-state index in [0.717, 1.165) is 5.57 Å². The van der Waals surface area contributed by atoms with Crippen molar-refractivity contribution in [3.63, 3.8) is 0 Å². The summed E-state index contributed by atoms with van der Waals surface area (Å²) in [4.78, 5) is 23.3. The highest BCUT2D eigenvalue weighted by Crippen LogP contribution is 2.37. The summed E-state index contributed by atoms with van der Waals surface area (Å²) in [6, 6.07) is 0. The molecule has 0 saturated heterocycles. The van der Waals surface area contributed by atoms with E-state index in [4.69, 9.17) is 9.47 Å². The van der Waals surface area contributed by atoms with Gasteiger partial charge in [-0.2, -0.15) is 0 Å². The Bertz CT molecular complexity index is 295. The minimum Gasteiger partial charge on any atom is -0.466 e. The van der Waals surface area contributed by atoms with Gasteiger partial charge in [0.2, 0.25) is 0 Å². The van der Waals surface area contributed by atoms with E-state index in [1.54, 1.807) is 13.8 Å². The van der Waals surface area contributed by atoms with Crippen LogP contribution >= 0.6 is 0 Å². The van der Waals surface area contributed by atoms with Crippen LogP contribution < -0.4 is 0 Å². The highest BCUT2D eigenvalue weighted by molar-refractivity contribution is 5.85. The molecule has 1 aliphatic rings. The largest absolute Gasteiger partial charge is 0.466 e. The zero-order valence-corrected chi connectivity index (χ0v) is 9.82. The molecule has 2 atom stereocenters. The molecule has 2 unspecified atom stereocenters. The number of ether oxygens (including phenoxy) is 2. The SMILES string of the molecule is C=C1CCC(C(=O)OCC)C1C(=O)OCC. The molecular formula is C12H18O4. The fourth-order valence-electron chi connectivity index (χ4n) is 2.01. The summed E-state index contributed by atoms with van der Waals surface area (Å²) in [5, 5.41) is 0. The summed E-state index contributed by atoms with van der Waals surface area (Å²) in [5.41, 5.74) is 0.775. The molecule has 0 aromatic carbocycles. The predicted molar refractivity (Wildman–Crippen MR) is 58.6 cm³/mol. The minimum atomic E-state index is -0.515. The van der Waals surface area contributed by atoms with Gasteiger partial charge in [0, 0.05) is 0 Å². The monoisotopic (exact) mass is 226 g/mol. The van der Waals surface area contributed by atoms with Gasteiger partial charge in [0.15, 0.2) is 0 Å². The first-order valence-corrected chi connectivity index (χ1v) is 5.62. The number of carbonyl (C=O) groups excluding carboxylic acids is 2. The van der Waals surface area contributed by atoms with Crippen molar-refractivity contribution < 1.29 is 19.1 Å². The third-order valence-electron chi connectivity index (χ3n) is 2.75. The molecule has 0 N–H and O–H groups in total. The Morgan fingerprint density at radius 2 is 1.81 bits per heavy atom. The van der Waals surface area contributed by atoms with Crippen molar-refractivity contribution in [1.29, 1.82) is 0 Å². The van der Waals surface area contributed by atoms with E-state index in [1.807, 2.05) is 0 Å². The summed E-state index contributed by atoms with van der Waals surface area (Å²) >= 11 is 0. The third-order valence-corrected chi connectivity index (χ3v) is 2.75. The van der Waals surface area contributed by atoms with E-state index < -0.39 is 11.8 Å². The van der Waals surface area contributed by atoms with Gasteiger partial charge >= 0.3 is 11.9 Å². The van der Waals surface area contributed by atoms with Gasteiger partial charge in [-0.05, 0) is 26.7 Å². The van der Waals surface area contributed by atoms with Gasteiger partial charge < -0.3 is 9.47 Å². The Kier molecular flexibility index (Phi) is 4.52. The lowest BCUT2D eigenvalue weighted by Gasteiger charge is -2.17. The van der Waals surface area contributed by atoms with E-state index in [-0.39, 0.29) is 11.9 Å². The van der Waals surface area contributed by atoms with E-state index in [9.17, 15) is 9.59 Å². The van der Waals surface area contributed by atoms with Crippen molar-refractivity contribution in [2.75, 3.05) is 13.2 Å². The van der Waals surface area contributed by atoms with E-state index in [0.29, 0.717) is 26.1 Å². The maximum Gasteiger partial charge on any atom is 0.313 e. The predicted octanol–water partition coefficient (Wildman–Crippen LogP) is 1.70. The van der Waals surface area contributed by atoms with Gasteiger partial charge in [-0.3, -0.25) is 9.59 Å². The second-order valence-electron chi connectivity index (χ2n) is 3.79. The zero-order chi connectivity index (χ0) is 12.1. The lowest BCUT2D eigenvalue weighted by atomic mass is 9.94. The summed E-state index contributed by atoms with van der Waals surface area (Å²) in [6.07, 6.45) is 1.31. The number of carbonyl (C=O) groups is 2. The maximum atomic E-state index is 11.7. The molecule has 0 aliphatic heterocycles. The summed E-state index contributed by atoms with van der Waals surface area (Å²) in [6.45, 7) is 7.97. The van der Waals surface area contributed by atoms with Gasteiger partial charge in [0.25, 0.3) is 0 Å². The second-order valence-corrected chi connectivity index (χ2v) is 3.79. The molecule has 1 saturated carbocycles. The number of hydrogen-bond acceptors (Lipinski definition) is 4. The van der Waals surface area contributed by atoms with Gasteiger partial charge in [-0.25, -0.2) is 0 Å². The molecular weight excluding hydrogens is 208 g/mol. The Morgan fingerprint density at radius 1 is 1.25 bits per heavy atom. The van der Waals surface area contributed by atoms with Crippen molar-refractivity contribution in [2.45, 2.75) is 26.7 Å². The molecule has 0 amide bonds. The molecule has 1 fully saturated rings. The molecule has 0 aromatic heterocycles. The van der Waals surface area contributed by atoms with Crippen LogP contribution in [0.5, 0.6) is 0 Å². The maximum absolute atomic E-state index is 11.7. The topological polar surface area (TPSA) is 52.6 Å². The molecule has 4 nitrogen and oxygen atoms in total. The molecule has 0 heterocycles. The molecule has 16 heavy (non-hydrogen) atoms.